The minimum atomic E-state index is 0.765. The van der Waals surface area contributed by atoms with Crippen LogP contribution in [-0.2, 0) is 0 Å². The van der Waals surface area contributed by atoms with Gasteiger partial charge >= 0.3 is 0 Å². The highest BCUT2D eigenvalue weighted by atomic mass is 32.2. The molecular weight excluding hydrogens is 156 g/mol. The van der Waals surface area contributed by atoms with Gasteiger partial charge in [0.15, 0.2) is 0 Å². The van der Waals surface area contributed by atoms with Gasteiger partial charge in [0.1, 0.15) is 0 Å². The highest BCUT2D eigenvalue weighted by Crippen LogP contribution is 1.98. The van der Waals surface area contributed by atoms with Crippen LogP contribution in [0.4, 0.5) is 0 Å². The van der Waals surface area contributed by atoms with Crippen LogP contribution in [-0.4, -0.2) is 36.3 Å². The van der Waals surface area contributed by atoms with Crippen molar-refractivity contribution in [2.24, 2.45) is 0 Å². The van der Waals surface area contributed by atoms with Crippen LogP contribution in [0.2, 0.25) is 0 Å². The van der Waals surface area contributed by atoms with Crippen molar-refractivity contribution in [3.8, 4) is 0 Å². The maximum Gasteiger partial charge on any atom is 0.0955 e. The Morgan fingerprint density at radius 1 is 1.55 bits per heavy atom. The molecule has 0 rings (SSSR count). The summed E-state index contributed by atoms with van der Waals surface area (Å²) in [5, 5.41) is 7.59. The van der Waals surface area contributed by atoms with Crippen molar-refractivity contribution in [3.05, 3.63) is 0 Å². The number of nitrogens with zero attached hydrogens (tertiary/aromatic N) is 1. The van der Waals surface area contributed by atoms with Crippen LogP contribution in [0.25, 0.3) is 0 Å². The lowest BCUT2D eigenvalue weighted by Gasteiger charge is -2.18. The Morgan fingerprint density at radius 2 is 2.18 bits per heavy atom. The summed E-state index contributed by atoms with van der Waals surface area (Å²) < 4.78 is 0. The first-order valence-electron chi connectivity index (χ1n) is 3.99. The van der Waals surface area contributed by atoms with Crippen molar-refractivity contribution in [3.63, 3.8) is 0 Å². The molecule has 0 heterocycles. The molecule has 0 radical (unpaired) electrons. The Labute approximate surface area is 73.9 Å². The summed E-state index contributed by atoms with van der Waals surface area (Å²) in [5.41, 5.74) is 0. The Hall–Kier alpha value is -0.180. The average molecular weight is 174 g/mol. The minimum absolute atomic E-state index is 0.765. The third kappa shape index (κ3) is 5.13. The van der Waals surface area contributed by atoms with E-state index in [1.807, 2.05) is 23.7 Å². The van der Waals surface area contributed by atoms with E-state index in [0.717, 1.165) is 31.0 Å². The van der Waals surface area contributed by atoms with Crippen LogP contribution in [0, 0.1) is 5.41 Å². The molecule has 3 heteroatoms. The molecular formula is C8H18N2S. The Bertz CT molecular complexity index is 115. The SMILES string of the molecule is CCCC(=N)N(C)CCSC. The topological polar surface area (TPSA) is 27.1 Å². The molecule has 0 aromatic carbocycles. The van der Waals surface area contributed by atoms with Gasteiger partial charge < -0.3 is 4.90 Å². The first-order valence-corrected chi connectivity index (χ1v) is 5.39. The summed E-state index contributed by atoms with van der Waals surface area (Å²) in [7, 11) is 1.99. The van der Waals surface area contributed by atoms with E-state index >= 15 is 0 Å². The largest absolute Gasteiger partial charge is 0.363 e. The van der Waals surface area contributed by atoms with Crippen LogP contribution in [0.5, 0.6) is 0 Å². The van der Waals surface area contributed by atoms with Crippen molar-refractivity contribution in [2.45, 2.75) is 19.8 Å². The Balaban J connectivity index is 3.46. The van der Waals surface area contributed by atoms with Crippen LogP contribution < -0.4 is 0 Å². The summed E-state index contributed by atoms with van der Waals surface area (Å²) in [6.07, 6.45) is 4.07. The van der Waals surface area contributed by atoms with Gasteiger partial charge in [-0.25, -0.2) is 0 Å². The molecule has 0 saturated carbocycles. The van der Waals surface area contributed by atoms with Crippen molar-refractivity contribution in [1.29, 1.82) is 5.41 Å². The van der Waals surface area contributed by atoms with Gasteiger partial charge in [-0.2, -0.15) is 11.8 Å². The van der Waals surface area contributed by atoms with Gasteiger partial charge in [0.25, 0.3) is 0 Å². The molecule has 66 valence electrons. The summed E-state index contributed by atoms with van der Waals surface area (Å²) >= 11 is 1.83. The zero-order chi connectivity index (χ0) is 8.69. The molecule has 0 bridgehead atoms. The molecule has 0 fully saturated rings. The second kappa shape index (κ2) is 6.53. The van der Waals surface area contributed by atoms with E-state index < -0.39 is 0 Å². The number of hydrogen-bond donors (Lipinski definition) is 1. The molecule has 0 aliphatic heterocycles. The van der Waals surface area contributed by atoms with Gasteiger partial charge in [-0.05, 0) is 12.7 Å². The van der Waals surface area contributed by atoms with Crippen molar-refractivity contribution in [2.75, 3.05) is 25.6 Å². The molecule has 1 N–H and O–H groups in total. The van der Waals surface area contributed by atoms with Crippen molar-refractivity contribution >= 4 is 17.6 Å². The highest BCUT2D eigenvalue weighted by molar-refractivity contribution is 7.98. The van der Waals surface area contributed by atoms with Gasteiger partial charge in [0.05, 0.1) is 5.84 Å². The smallest absolute Gasteiger partial charge is 0.0955 e. The first-order chi connectivity index (χ1) is 5.22. The maximum atomic E-state index is 7.59. The van der Waals surface area contributed by atoms with Crippen LogP contribution in [0.1, 0.15) is 19.8 Å². The summed E-state index contributed by atoms with van der Waals surface area (Å²) in [5.74, 6) is 1.88. The van der Waals surface area contributed by atoms with Crippen molar-refractivity contribution in [1.82, 2.24) is 4.90 Å². The molecule has 0 amide bonds. The summed E-state index contributed by atoms with van der Waals surface area (Å²) in [4.78, 5) is 2.03. The van der Waals surface area contributed by atoms with Crippen LogP contribution >= 0.6 is 11.8 Å². The minimum Gasteiger partial charge on any atom is -0.363 e. The van der Waals surface area contributed by atoms with E-state index in [0.29, 0.717) is 0 Å². The zero-order valence-corrected chi connectivity index (χ0v) is 8.50. The maximum absolute atomic E-state index is 7.59. The van der Waals surface area contributed by atoms with E-state index in [-0.39, 0.29) is 0 Å². The molecule has 0 spiro atoms. The molecule has 0 saturated heterocycles. The quantitative estimate of drug-likeness (QED) is 0.510. The zero-order valence-electron chi connectivity index (χ0n) is 7.68. The number of hydrogen-bond acceptors (Lipinski definition) is 2. The monoisotopic (exact) mass is 174 g/mol. The lowest BCUT2D eigenvalue weighted by atomic mass is 10.3. The summed E-state index contributed by atoms with van der Waals surface area (Å²) in [6, 6.07) is 0. The lowest BCUT2D eigenvalue weighted by molar-refractivity contribution is 0.520. The number of rotatable bonds is 5. The van der Waals surface area contributed by atoms with E-state index in [1.165, 1.54) is 0 Å². The molecule has 2 nitrogen and oxygen atoms in total. The molecule has 0 aliphatic carbocycles. The number of amidine groups is 1. The van der Waals surface area contributed by atoms with E-state index in [4.69, 9.17) is 5.41 Å². The predicted octanol–water partition coefficient (Wildman–Crippen LogP) is 2.06. The van der Waals surface area contributed by atoms with Crippen molar-refractivity contribution < 1.29 is 0 Å². The third-order valence-electron chi connectivity index (χ3n) is 1.58. The molecule has 0 atom stereocenters. The highest BCUT2D eigenvalue weighted by Gasteiger charge is 2.00. The van der Waals surface area contributed by atoms with E-state index in [1.54, 1.807) is 0 Å². The van der Waals surface area contributed by atoms with Crippen LogP contribution in [0.3, 0.4) is 0 Å². The standard InChI is InChI=1S/C8H18N2S/c1-4-5-8(9)10(2)6-7-11-3/h9H,4-7H2,1-3H3. The summed E-state index contributed by atoms with van der Waals surface area (Å²) in [6.45, 7) is 3.11. The van der Waals surface area contributed by atoms with E-state index in [9.17, 15) is 0 Å². The van der Waals surface area contributed by atoms with E-state index in [2.05, 4.69) is 13.2 Å². The molecule has 0 aliphatic rings. The Morgan fingerprint density at radius 3 is 2.64 bits per heavy atom. The van der Waals surface area contributed by atoms with Gasteiger partial charge in [0, 0.05) is 25.8 Å². The van der Waals surface area contributed by atoms with Gasteiger partial charge in [-0.3, -0.25) is 5.41 Å². The molecule has 0 aromatic heterocycles. The fourth-order valence-electron chi connectivity index (χ4n) is 0.791. The Kier molecular flexibility index (Phi) is 6.42. The average Bonchev–Trinajstić information content (AvgIpc) is 2.00. The lowest BCUT2D eigenvalue weighted by Crippen LogP contribution is -2.27. The molecule has 0 aromatic rings. The van der Waals surface area contributed by atoms with Crippen LogP contribution in [0.15, 0.2) is 0 Å². The second-order valence-electron chi connectivity index (χ2n) is 2.61. The molecule has 11 heavy (non-hydrogen) atoms. The van der Waals surface area contributed by atoms with Gasteiger partial charge in [0.2, 0.25) is 0 Å². The van der Waals surface area contributed by atoms with Gasteiger partial charge in [-0.15, -0.1) is 0 Å². The predicted molar refractivity (Wildman–Crippen MR) is 53.6 cm³/mol. The fourth-order valence-corrected chi connectivity index (χ4v) is 1.25. The fraction of sp³-hybridized carbons (Fsp3) is 0.875. The third-order valence-corrected chi connectivity index (χ3v) is 2.17. The first kappa shape index (κ1) is 10.8. The normalized spacial score (nSPS) is 9.73. The molecule has 0 unspecified atom stereocenters. The van der Waals surface area contributed by atoms with Gasteiger partial charge in [-0.1, -0.05) is 6.92 Å². The number of thioether (sulfide) groups is 1. The number of nitrogens with one attached hydrogen (secondary N) is 1. The second-order valence-corrected chi connectivity index (χ2v) is 3.60.